The van der Waals surface area contributed by atoms with E-state index in [2.05, 4.69) is 39.0 Å². The van der Waals surface area contributed by atoms with Crippen LogP contribution in [0.3, 0.4) is 0 Å². The van der Waals surface area contributed by atoms with E-state index in [9.17, 15) is 4.79 Å². The van der Waals surface area contributed by atoms with E-state index >= 15 is 0 Å². The molecule has 2 aliphatic heterocycles. The fourth-order valence-corrected chi connectivity index (χ4v) is 3.19. The fourth-order valence-electron chi connectivity index (χ4n) is 2.79. The molecule has 2 saturated heterocycles. The molecule has 0 bridgehead atoms. The SMILES string of the molecule is O=C1CCN(C2(c3cccc(Br)c3)COC2)CC1. The molecular formula is C14H16BrNO2. The third-order valence-corrected chi connectivity index (χ3v) is 4.46. The van der Waals surface area contributed by atoms with Gasteiger partial charge < -0.3 is 4.74 Å². The van der Waals surface area contributed by atoms with Crippen LogP contribution < -0.4 is 0 Å². The Balaban J connectivity index is 1.88. The molecule has 0 N–H and O–H groups in total. The zero-order chi connectivity index (χ0) is 12.6. The molecule has 0 unspecified atom stereocenters. The maximum absolute atomic E-state index is 11.4. The predicted molar refractivity (Wildman–Crippen MR) is 72.5 cm³/mol. The van der Waals surface area contributed by atoms with E-state index in [1.165, 1.54) is 5.56 Å². The Bertz CT molecular complexity index is 461. The standard InChI is InChI=1S/C14H16BrNO2/c15-12-3-1-2-11(8-12)14(9-18-10-14)16-6-4-13(17)5-7-16/h1-3,8H,4-7,9-10H2. The summed E-state index contributed by atoms with van der Waals surface area (Å²) in [7, 11) is 0. The van der Waals surface area contributed by atoms with Crippen LogP contribution >= 0.6 is 15.9 Å². The molecule has 3 nitrogen and oxygen atoms in total. The Kier molecular flexibility index (Phi) is 3.26. The van der Waals surface area contributed by atoms with Crippen molar-refractivity contribution >= 4 is 21.7 Å². The lowest BCUT2D eigenvalue weighted by atomic mass is 9.84. The largest absolute Gasteiger partial charge is 0.377 e. The van der Waals surface area contributed by atoms with Crippen LogP contribution in [0.5, 0.6) is 0 Å². The van der Waals surface area contributed by atoms with Gasteiger partial charge in [0, 0.05) is 30.4 Å². The zero-order valence-corrected chi connectivity index (χ0v) is 11.8. The molecular weight excluding hydrogens is 294 g/mol. The zero-order valence-electron chi connectivity index (χ0n) is 10.2. The van der Waals surface area contributed by atoms with E-state index in [0.29, 0.717) is 18.6 Å². The molecule has 0 spiro atoms. The minimum atomic E-state index is -0.00944. The highest BCUT2D eigenvalue weighted by molar-refractivity contribution is 9.10. The number of Topliss-reactive ketones (excluding diaryl/α,β-unsaturated/α-hetero) is 1. The number of benzene rings is 1. The predicted octanol–water partition coefficient (Wildman–Crippen LogP) is 2.34. The topological polar surface area (TPSA) is 29.5 Å². The van der Waals surface area contributed by atoms with Gasteiger partial charge in [-0.15, -0.1) is 0 Å². The van der Waals surface area contributed by atoms with Crippen LogP contribution in [-0.2, 0) is 15.1 Å². The second-order valence-electron chi connectivity index (χ2n) is 5.06. The molecule has 1 aromatic carbocycles. The van der Waals surface area contributed by atoms with Gasteiger partial charge in [-0.1, -0.05) is 28.1 Å². The molecule has 0 aromatic heterocycles. The van der Waals surface area contributed by atoms with Gasteiger partial charge in [-0.05, 0) is 17.7 Å². The van der Waals surface area contributed by atoms with Crippen LogP contribution in [0.4, 0.5) is 0 Å². The van der Waals surface area contributed by atoms with Crippen molar-refractivity contribution in [3.63, 3.8) is 0 Å². The summed E-state index contributed by atoms with van der Waals surface area (Å²) >= 11 is 3.53. The van der Waals surface area contributed by atoms with Gasteiger partial charge in [0.05, 0.1) is 18.8 Å². The molecule has 96 valence electrons. The van der Waals surface area contributed by atoms with Crippen LogP contribution in [0.15, 0.2) is 28.7 Å². The Morgan fingerprint density at radius 3 is 2.50 bits per heavy atom. The second-order valence-corrected chi connectivity index (χ2v) is 5.98. The second kappa shape index (κ2) is 4.76. The van der Waals surface area contributed by atoms with Crippen molar-refractivity contribution in [1.29, 1.82) is 0 Å². The highest BCUT2D eigenvalue weighted by Gasteiger charge is 2.46. The Morgan fingerprint density at radius 1 is 1.22 bits per heavy atom. The van der Waals surface area contributed by atoms with E-state index in [1.807, 2.05) is 6.07 Å². The van der Waals surface area contributed by atoms with Gasteiger partial charge in [0.25, 0.3) is 0 Å². The van der Waals surface area contributed by atoms with Crippen molar-refractivity contribution in [2.75, 3.05) is 26.3 Å². The molecule has 0 saturated carbocycles. The smallest absolute Gasteiger partial charge is 0.135 e. The van der Waals surface area contributed by atoms with E-state index in [1.54, 1.807) is 0 Å². The van der Waals surface area contributed by atoms with Gasteiger partial charge in [0.15, 0.2) is 0 Å². The van der Waals surface area contributed by atoms with Crippen molar-refractivity contribution in [2.45, 2.75) is 18.4 Å². The Morgan fingerprint density at radius 2 is 1.94 bits per heavy atom. The summed E-state index contributed by atoms with van der Waals surface area (Å²) in [6, 6.07) is 8.42. The molecule has 18 heavy (non-hydrogen) atoms. The number of rotatable bonds is 2. The Labute approximate surface area is 115 Å². The summed E-state index contributed by atoms with van der Waals surface area (Å²) in [6.45, 7) is 3.18. The van der Waals surface area contributed by atoms with Crippen molar-refractivity contribution in [3.05, 3.63) is 34.3 Å². The van der Waals surface area contributed by atoms with E-state index in [-0.39, 0.29) is 5.54 Å². The van der Waals surface area contributed by atoms with Crippen molar-refractivity contribution in [3.8, 4) is 0 Å². The van der Waals surface area contributed by atoms with Crippen LogP contribution in [-0.4, -0.2) is 37.0 Å². The number of hydrogen-bond acceptors (Lipinski definition) is 3. The Hall–Kier alpha value is -0.710. The van der Waals surface area contributed by atoms with Crippen LogP contribution in [0.1, 0.15) is 18.4 Å². The number of likely N-dealkylation sites (tertiary alicyclic amines) is 1. The first-order valence-corrected chi connectivity index (χ1v) is 7.11. The number of hydrogen-bond donors (Lipinski definition) is 0. The van der Waals surface area contributed by atoms with Crippen LogP contribution in [0.2, 0.25) is 0 Å². The minimum absolute atomic E-state index is 0.00944. The number of ether oxygens (including phenoxy) is 1. The van der Waals surface area contributed by atoms with Crippen LogP contribution in [0.25, 0.3) is 0 Å². The number of nitrogens with zero attached hydrogens (tertiary/aromatic N) is 1. The summed E-state index contributed by atoms with van der Waals surface area (Å²) in [5.41, 5.74) is 1.28. The van der Waals surface area contributed by atoms with Crippen molar-refractivity contribution < 1.29 is 9.53 Å². The molecule has 3 rings (SSSR count). The van der Waals surface area contributed by atoms with Gasteiger partial charge in [-0.3, -0.25) is 9.69 Å². The summed E-state index contributed by atoms with van der Waals surface area (Å²) in [5.74, 6) is 0.385. The average molecular weight is 310 g/mol. The molecule has 1 aromatic rings. The molecule has 2 aliphatic rings. The highest BCUT2D eigenvalue weighted by Crippen LogP contribution is 2.38. The number of ketones is 1. The summed E-state index contributed by atoms with van der Waals surface area (Å²) in [5, 5.41) is 0. The van der Waals surface area contributed by atoms with Gasteiger partial charge in [0.2, 0.25) is 0 Å². The van der Waals surface area contributed by atoms with Gasteiger partial charge >= 0.3 is 0 Å². The number of carbonyl (C=O) groups excluding carboxylic acids is 1. The molecule has 0 aliphatic carbocycles. The minimum Gasteiger partial charge on any atom is -0.377 e. The molecule has 4 heteroatoms. The van der Waals surface area contributed by atoms with Gasteiger partial charge in [-0.2, -0.15) is 0 Å². The van der Waals surface area contributed by atoms with Crippen LogP contribution in [0, 0.1) is 0 Å². The number of piperidine rings is 1. The van der Waals surface area contributed by atoms with Crippen molar-refractivity contribution in [2.24, 2.45) is 0 Å². The summed E-state index contributed by atoms with van der Waals surface area (Å²) in [4.78, 5) is 13.8. The number of halogens is 1. The molecule has 2 fully saturated rings. The normalized spacial score (nSPS) is 23.7. The molecule has 0 amide bonds. The van der Waals surface area contributed by atoms with E-state index in [0.717, 1.165) is 30.8 Å². The average Bonchev–Trinajstić information content (AvgIpc) is 2.30. The lowest BCUT2D eigenvalue weighted by Gasteiger charge is -2.51. The third kappa shape index (κ3) is 2.02. The van der Waals surface area contributed by atoms with E-state index in [4.69, 9.17) is 4.74 Å². The highest BCUT2D eigenvalue weighted by atomic mass is 79.9. The lowest BCUT2D eigenvalue weighted by molar-refractivity contribution is -0.156. The fraction of sp³-hybridized carbons (Fsp3) is 0.500. The first-order valence-electron chi connectivity index (χ1n) is 6.31. The first-order chi connectivity index (χ1) is 8.71. The molecule has 0 radical (unpaired) electrons. The third-order valence-electron chi connectivity index (χ3n) is 3.97. The maximum Gasteiger partial charge on any atom is 0.135 e. The first kappa shape index (κ1) is 12.3. The summed E-state index contributed by atoms with van der Waals surface area (Å²) < 4.78 is 6.57. The van der Waals surface area contributed by atoms with E-state index < -0.39 is 0 Å². The lowest BCUT2D eigenvalue weighted by Crippen LogP contribution is -2.61. The molecule has 0 atom stereocenters. The van der Waals surface area contributed by atoms with Gasteiger partial charge in [-0.25, -0.2) is 0 Å². The molecule has 2 heterocycles. The van der Waals surface area contributed by atoms with Gasteiger partial charge in [0.1, 0.15) is 5.78 Å². The van der Waals surface area contributed by atoms with Crippen molar-refractivity contribution in [1.82, 2.24) is 4.90 Å². The summed E-state index contributed by atoms with van der Waals surface area (Å²) in [6.07, 6.45) is 1.35. The quantitative estimate of drug-likeness (QED) is 0.840. The maximum atomic E-state index is 11.4. The monoisotopic (exact) mass is 309 g/mol. The number of carbonyl (C=O) groups is 1.